The standard InChI is InChI=1S/C18H33NO6S/c1-3-5-7-9-16(20)24-11-14(12-26-13-15(19)18(22)23)25-17(21)10-8-6-4-2/h14-15H,3-13,19H2,1-2H3,(H,22,23). The molecule has 0 saturated heterocycles. The first-order valence-corrected chi connectivity index (χ1v) is 10.5. The van der Waals surface area contributed by atoms with Crippen LogP contribution in [0.15, 0.2) is 0 Å². The van der Waals surface area contributed by atoms with Gasteiger partial charge in [-0.25, -0.2) is 0 Å². The lowest BCUT2D eigenvalue weighted by Crippen LogP contribution is -2.34. The number of hydrogen-bond acceptors (Lipinski definition) is 7. The Hall–Kier alpha value is -1.28. The summed E-state index contributed by atoms with van der Waals surface area (Å²) in [5, 5.41) is 8.80. The van der Waals surface area contributed by atoms with Crippen LogP contribution in [-0.4, -0.2) is 53.3 Å². The summed E-state index contributed by atoms with van der Waals surface area (Å²) in [6, 6.07) is -0.975. The average Bonchev–Trinajstić information content (AvgIpc) is 2.59. The summed E-state index contributed by atoms with van der Waals surface area (Å²) in [5.74, 6) is -1.17. The Bertz CT molecular complexity index is 418. The van der Waals surface area contributed by atoms with E-state index in [0.717, 1.165) is 38.5 Å². The van der Waals surface area contributed by atoms with E-state index in [1.165, 1.54) is 11.8 Å². The number of carbonyl (C=O) groups is 3. The van der Waals surface area contributed by atoms with Gasteiger partial charge in [0.15, 0.2) is 0 Å². The Balaban J connectivity index is 4.35. The predicted octanol–water partition coefficient (Wildman–Crippen LogP) is 2.75. The van der Waals surface area contributed by atoms with Crippen LogP contribution in [0.3, 0.4) is 0 Å². The van der Waals surface area contributed by atoms with Crippen LogP contribution in [-0.2, 0) is 23.9 Å². The molecule has 0 aliphatic rings. The average molecular weight is 392 g/mol. The minimum absolute atomic E-state index is 0.0141. The van der Waals surface area contributed by atoms with E-state index in [2.05, 4.69) is 13.8 Å². The lowest BCUT2D eigenvalue weighted by atomic mass is 10.2. The molecule has 0 saturated carbocycles. The van der Waals surface area contributed by atoms with Gasteiger partial charge in [0.05, 0.1) is 0 Å². The zero-order chi connectivity index (χ0) is 19.8. The molecule has 0 aliphatic carbocycles. The van der Waals surface area contributed by atoms with Crippen molar-refractivity contribution in [1.29, 1.82) is 0 Å². The van der Waals surface area contributed by atoms with Crippen molar-refractivity contribution in [2.75, 3.05) is 18.1 Å². The molecule has 0 bridgehead atoms. The second-order valence-electron chi connectivity index (χ2n) is 6.19. The summed E-state index contributed by atoms with van der Waals surface area (Å²) >= 11 is 1.27. The van der Waals surface area contributed by atoms with Crippen molar-refractivity contribution < 1.29 is 29.0 Å². The maximum absolute atomic E-state index is 11.9. The van der Waals surface area contributed by atoms with Gasteiger partial charge in [0.1, 0.15) is 18.8 Å². The molecule has 0 spiro atoms. The third-order valence-corrected chi connectivity index (χ3v) is 4.82. The molecule has 0 fully saturated rings. The van der Waals surface area contributed by atoms with Crippen LogP contribution in [0.1, 0.15) is 65.2 Å². The molecule has 3 N–H and O–H groups in total. The van der Waals surface area contributed by atoms with Gasteiger partial charge in [-0.15, -0.1) is 0 Å². The van der Waals surface area contributed by atoms with Crippen LogP contribution in [0.4, 0.5) is 0 Å². The smallest absolute Gasteiger partial charge is 0.321 e. The topological polar surface area (TPSA) is 116 Å². The van der Waals surface area contributed by atoms with Crippen LogP contribution in [0, 0.1) is 0 Å². The first kappa shape index (κ1) is 24.7. The lowest BCUT2D eigenvalue weighted by molar-refractivity contribution is -0.157. The molecule has 0 radical (unpaired) electrons. The normalized spacial score (nSPS) is 13.0. The summed E-state index contributed by atoms with van der Waals surface area (Å²) < 4.78 is 10.6. The molecule has 0 aliphatic heterocycles. The monoisotopic (exact) mass is 391 g/mol. The third-order valence-electron chi connectivity index (χ3n) is 3.62. The fourth-order valence-corrected chi connectivity index (χ4v) is 3.02. The van der Waals surface area contributed by atoms with Crippen LogP contribution >= 0.6 is 11.8 Å². The molecule has 0 heterocycles. The van der Waals surface area contributed by atoms with E-state index in [9.17, 15) is 14.4 Å². The summed E-state index contributed by atoms with van der Waals surface area (Å²) in [6.07, 6.45) is 5.57. The molecular formula is C18H33NO6S. The van der Waals surface area contributed by atoms with Gasteiger partial charge in [0, 0.05) is 24.3 Å². The van der Waals surface area contributed by atoms with E-state index >= 15 is 0 Å². The zero-order valence-electron chi connectivity index (χ0n) is 15.9. The van der Waals surface area contributed by atoms with Crippen molar-refractivity contribution in [2.24, 2.45) is 5.73 Å². The van der Waals surface area contributed by atoms with E-state index in [4.69, 9.17) is 20.3 Å². The summed E-state index contributed by atoms with van der Waals surface area (Å²) in [6.45, 7) is 4.09. The predicted molar refractivity (Wildman–Crippen MR) is 102 cm³/mol. The minimum atomic E-state index is -1.08. The molecule has 0 amide bonds. The molecule has 7 nitrogen and oxygen atoms in total. The fraction of sp³-hybridized carbons (Fsp3) is 0.833. The number of carboxylic acids is 1. The van der Waals surface area contributed by atoms with Gasteiger partial charge in [-0.3, -0.25) is 14.4 Å². The van der Waals surface area contributed by atoms with Gasteiger partial charge in [0.25, 0.3) is 0 Å². The second-order valence-corrected chi connectivity index (χ2v) is 7.27. The lowest BCUT2D eigenvalue weighted by Gasteiger charge is -2.18. The molecule has 0 aromatic carbocycles. The van der Waals surface area contributed by atoms with Gasteiger partial charge in [0.2, 0.25) is 0 Å². The highest BCUT2D eigenvalue weighted by molar-refractivity contribution is 7.99. The number of nitrogens with two attached hydrogens (primary N) is 1. The van der Waals surface area contributed by atoms with E-state index in [0.29, 0.717) is 18.6 Å². The Morgan fingerprint density at radius 2 is 1.54 bits per heavy atom. The highest BCUT2D eigenvalue weighted by Gasteiger charge is 2.19. The molecule has 26 heavy (non-hydrogen) atoms. The number of esters is 2. The minimum Gasteiger partial charge on any atom is -0.480 e. The van der Waals surface area contributed by atoms with Crippen molar-refractivity contribution >= 4 is 29.7 Å². The number of rotatable bonds is 16. The largest absolute Gasteiger partial charge is 0.480 e. The maximum Gasteiger partial charge on any atom is 0.321 e. The van der Waals surface area contributed by atoms with E-state index in [1.54, 1.807) is 0 Å². The Morgan fingerprint density at radius 1 is 0.962 bits per heavy atom. The quantitative estimate of drug-likeness (QED) is 0.305. The first-order chi connectivity index (χ1) is 12.4. The molecule has 0 aromatic rings. The Kier molecular flexibility index (Phi) is 15.2. The van der Waals surface area contributed by atoms with Crippen molar-refractivity contribution in [3.63, 3.8) is 0 Å². The Morgan fingerprint density at radius 3 is 2.08 bits per heavy atom. The van der Waals surface area contributed by atoms with Crippen molar-refractivity contribution in [1.82, 2.24) is 0 Å². The summed E-state index contributed by atoms with van der Waals surface area (Å²) in [4.78, 5) is 34.4. The molecule has 0 rings (SSSR count). The molecule has 8 heteroatoms. The zero-order valence-corrected chi connectivity index (χ0v) is 16.7. The van der Waals surface area contributed by atoms with Gasteiger partial charge in [-0.1, -0.05) is 39.5 Å². The highest BCUT2D eigenvalue weighted by atomic mass is 32.2. The van der Waals surface area contributed by atoms with Crippen molar-refractivity contribution in [3.05, 3.63) is 0 Å². The fourth-order valence-electron chi connectivity index (χ4n) is 2.06. The first-order valence-electron chi connectivity index (χ1n) is 9.31. The third kappa shape index (κ3) is 13.9. The number of carboxylic acid groups (broad SMARTS) is 1. The number of hydrogen-bond donors (Lipinski definition) is 2. The summed E-state index contributed by atoms with van der Waals surface area (Å²) in [5.41, 5.74) is 5.46. The maximum atomic E-state index is 11.9. The van der Waals surface area contributed by atoms with Crippen molar-refractivity contribution in [2.45, 2.75) is 77.4 Å². The number of ether oxygens (including phenoxy) is 2. The van der Waals surface area contributed by atoms with Gasteiger partial charge in [-0.2, -0.15) is 11.8 Å². The van der Waals surface area contributed by atoms with Crippen LogP contribution in [0.2, 0.25) is 0 Å². The number of thioether (sulfide) groups is 1. The second kappa shape index (κ2) is 15.9. The molecular weight excluding hydrogens is 358 g/mol. The van der Waals surface area contributed by atoms with Crippen molar-refractivity contribution in [3.8, 4) is 0 Å². The van der Waals surface area contributed by atoms with E-state index in [1.807, 2.05) is 0 Å². The van der Waals surface area contributed by atoms with E-state index in [-0.39, 0.29) is 24.3 Å². The van der Waals surface area contributed by atoms with Crippen LogP contribution in [0.25, 0.3) is 0 Å². The van der Waals surface area contributed by atoms with Gasteiger partial charge < -0.3 is 20.3 Å². The summed E-state index contributed by atoms with van der Waals surface area (Å²) in [7, 11) is 0. The number of unbranched alkanes of at least 4 members (excludes halogenated alkanes) is 4. The van der Waals surface area contributed by atoms with Gasteiger partial charge in [-0.05, 0) is 12.8 Å². The molecule has 152 valence electrons. The van der Waals surface area contributed by atoms with E-state index < -0.39 is 18.1 Å². The number of carbonyl (C=O) groups excluding carboxylic acids is 2. The molecule has 2 unspecified atom stereocenters. The molecule has 0 aromatic heterocycles. The highest BCUT2D eigenvalue weighted by Crippen LogP contribution is 2.11. The number of aliphatic carboxylic acids is 1. The van der Waals surface area contributed by atoms with Crippen LogP contribution < -0.4 is 5.73 Å². The SMILES string of the molecule is CCCCCC(=O)OCC(CSCC(N)C(=O)O)OC(=O)CCCCC. The Labute approximate surface area is 160 Å². The molecule has 2 atom stereocenters. The van der Waals surface area contributed by atoms with Crippen LogP contribution in [0.5, 0.6) is 0 Å². The van der Waals surface area contributed by atoms with Gasteiger partial charge >= 0.3 is 17.9 Å².